The molecule has 38 heavy (non-hydrogen) atoms. The Morgan fingerprint density at radius 3 is 2.16 bits per heavy atom. The van der Waals surface area contributed by atoms with Crippen LogP contribution in [0.2, 0.25) is 0 Å². The number of aromatic nitrogens is 1. The molecule has 9 heteroatoms. The summed E-state index contributed by atoms with van der Waals surface area (Å²) in [5.41, 5.74) is 4.23. The Hall–Kier alpha value is -4.24. The van der Waals surface area contributed by atoms with Crippen LogP contribution in [0.3, 0.4) is 0 Å². The van der Waals surface area contributed by atoms with E-state index in [0.29, 0.717) is 21.8 Å². The first kappa shape index (κ1) is 26.8. The number of carbonyl (C=O) groups is 3. The molecule has 2 amide bonds. The zero-order valence-electron chi connectivity index (χ0n) is 22.1. The Morgan fingerprint density at radius 2 is 1.58 bits per heavy atom. The summed E-state index contributed by atoms with van der Waals surface area (Å²) >= 11 is 1.19. The van der Waals surface area contributed by atoms with Crippen LogP contribution < -0.4 is 10.6 Å². The number of nitrogens with one attached hydrogen (secondary N) is 2. The number of rotatable bonds is 6. The number of aryl methyl sites for hydroxylation is 1. The van der Waals surface area contributed by atoms with Crippen molar-refractivity contribution < 1.29 is 23.5 Å². The van der Waals surface area contributed by atoms with Crippen LogP contribution in [0, 0.1) is 6.92 Å². The maximum atomic E-state index is 13.5. The molecule has 4 aromatic rings. The molecule has 0 fully saturated rings. The van der Waals surface area contributed by atoms with Crippen molar-refractivity contribution in [2.45, 2.75) is 40.0 Å². The molecule has 8 nitrogen and oxygen atoms in total. The molecule has 2 N–H and O–H groups in total. The van der Waals surface area contributed by atoms with E-state index in [1.54, 1.807) is 36.6 Å². The van der Waals surface area contributed by atoms with E-state index in [1.807, 2.05) is 24.3 Å². The van der Waals surface area contributed by atoms with Crippen LogP contribution in [0.25, 0.3) is 22.8 Å². The molecular weight excluding hydrogens is 502 g/mol. The fraction of sp³-hybridized carbons (Fsp3) is 0.241. The van der Waals surface area contributed by atoms with Gasteiger partial charge in [-0.2, -0.15) is 0 Å². The minimum Gasteiger partial charge on any atom is -0.465 e. The Kier molecular flexibility index (Phi) is 7.50. The fourth-order valence-electron chi connectivity index (χ4n) is 3.83. The van der Waals surface area contributed by atoms with Crippen LogP contribution in [0.1, 0.15) is 59.0 Å². The van der Waals surface area contributed by atoms with Crippen molar-refractivity contribution >= 4 is 40.5 Å². The molecule has 0 bridgehead atoms. The topological polar surface area (TPSA) is 111 Å². The third-order valence-electron chi connectivity index (χ3n) is 5.89. The zero-order valence-corrected chi connectivity index (χ0v) is 22.9. The van der Waals surface area contributed by atoms with Gasteiger partial charge in [0.15, 0.2) is 11.5 Å². The third-order valence-corrected chi connectivity index (χ3v) is 6.97. The third kappa shape index (κ3) is 5.68. The van der Waals surface area contributed by atoms with Crippen molar-refractivity contribution in [2.75, 3.05) is 17.7 Å². The van der Waals surface area contributed by atoms with Crippen molar-refractivity contribution in [1.29, 1.82) is 0 Å². The summed E-state index contributed by atoms with van der Waals surface area (Å²) < 4.78 is 11.0. The molecule has 0 atom stereocenters. The molecule has 2 heterocycles. The van der Waals surface area contributed by atoms with Gasteiger partial charge >= 0.3 is 5.97 Å². The SMILES string of the molecule is COC(=O)c1scc(C)c1NC(=O)c1nc(-c2ccc(C(C)(C)C)cc2)oc1-c1ccc(NC(C)=O)cc1. The molecule has 0 saturated heterocycles. The average molecular weight is 532 g/mol. The van der Waals surface area contributed by atoms with Gasteiger partial charge < -0.3 is 19.8 Å². The van der Waals surface area contributed by atoms with Crippen molar-refractivity contribution in [3.05, 3.63) is 75.6 Å². The van der Waals surface area contributed by atoms with E-state index >= 15 is 0 Å². The lowest BCUT2D eigenvalue weighted by Crippen LogP contribution is -2.16. The van der Waals surface area contributed by atoms with E-state index in [2.05, 4.69) is 36.4 Å². The summed E-state index contributed by atoms with van der Waals surface area (Å²) in [4.78, 5) is 42.0. The first-order valence-corrected chi connectivity index (χ1v) is 12.8. The molecule has 0 aliphatic carbocycles. The summed E-state index contributed by atoms with van der Waals surface area (Å²) in [6.45, 7) is 9.62. The molecule has 196 valence electrons. The molecular formula is C29H29N3O5S. The number of hydrogen-bond donors (Lipinski definition) is 2. The lowest BCUT2D eigenvalue weighted by atomic mass is 9.87. The largest absolute Gasteiger partial charge is 0.465 e. The number of anilines is 2. The van der Waals surface area contributed by atoms with E-state index in [4.69, 9.17) is 9.15 Å². The summed E-state index contributed by atoms with van der Waals surface area (Å²) in [7, 11) is 1.29. The number of esters is 1. The minimum atomic E-state index is -0.535. The predicted molar refractivity (Wildman–Crippen MR) is 149 cm³/mol. The lowest BCUT2D eigenvalue weighted by molar-refractivity contribution is -0.114. The van der Waals surface area contributed by atoms with Gasteiger partial charge in [-0.1, -0.05) is 32.9 Å². The van der Waals surface area contributed by atoms with E-state index in [1.165, 1.54) is 25.4 Å². The first-order chi connectivity index (χ1) is 18.0. The zero-order chi connectivity index (χ0) is 27.6. The van der Waals surface area contributed by atoms with Gasteiger partial charge in [0.25, 0.3) is 5.91 Å². The standard InChI is InChI=1S/C29H29N3O5S/c1-16-15-38-25(28(35)36-6)22(16)31-26(34)23-24(18-9-13-21(14-10-18)30-17(2)33)37-27(32-23)19-7-11-20(12-8-19)29(3,4)5/h7-15H,1-6H3,(H,30,33)(H,31,34). The predicted octanol–water partition coefficient (Wildman–Crippen LogP) is 6.67. The van der Waals surface area contributed by atoms with Gasteiger partial charge in [0.1, 0.15) is 4.88 Å². The van der Waals surface area contributed by atoms with Crippen LogP contribution in [-0.4, -0.2) is 29.9 Å². The number of ether oxygens (including phenoxy) is 1. The summed E-state index contributed by atoms with van der Waals surface area (Å²) in [5.74, 6) is -0.706. The summed E-state index contributed by atoms with van der Waals surface area (Å²) in [6, 6.07) is 14.8. The van der Waals surface area contributed by atoms with Gasteiger partial charge in [0.2, 0.25) is 11.8 Å². The van der Waals surface area contributed by atoms with E-state index in [0.717, 1.165) is 16.7 Å². The molecule has 2 aromatic heterocycles. The van der Waals surface area contributed by atoms with Gasteiger partial charge in [0.05, 0.1) is 12.8 Å². The van der Waals surface area contributed by atoms with Crippen LogP contribution in [0.15, 0.2) is 58.3 Å². The lowest BCUT2D eigenvalue weighted by Gasteiger charge is -2.18. The van der Waals surface area contributed by atoms with Gasteiger partial charge in [-0.05, 0) is 65.2 Å². The number of hydrogen-bond acceptors (Lipinski definition) is 7. The Morgan fingerprint density at radius 1 is 0.947 bits per heavy atom. The molecule has 0 spiro atoms. The molecule has 0 aliphatic heterocycles. The molecule has 0 radical (unpaired) electrons. The highest BCUT2D eigenvalue weighted by Crippen LogP contribution is 2.34. The van der Waals surface area contributed by atoms with Crippen molar-refractivity contribution in [3.63, 3.8) is 0 Å². The average Bonchev–Trinajstić information content (AvgIpc) is 3.48. The summed E-state index contributed by atoms with van der Waals surface area (Å²) in [6.07, 6.45) is 0. The van der Waals surface area contributed by atoms with Gasteiger partial charge in [-0.25, -0.2) is 9.78 Å². The number of oxazole rings is 1. The maximum absolute atomic E-state index is 13.5. The highest BCUT2D eigenvalue weighted by Gasteiger charge is 2.26. The maximum Gasteiger partial charge on any atom is 0.350 e. The first-order valence-electron chi connectivity index (χ1n) is 12.0. The van der Waals surface area contributed by atoms with E-state index < -0.39 is 11.9 Å². The Bertz CT molecular complexity index is 1490. The van der Waals surface area contributed by atoms with Crippen LogP contribution >= 0.6 is 11.3 Å². The van der Waals surface area contributed by atoms with Crippen LogP contribution in [-0.2, 0) is 14.9 Å². The van der Waals surface area contributed by atoms with E-state index in [9.17, 15) is 14.4 Å². The number of benzene rings is 2. The normalized spacial score (nSPS) is 11.2. The molecule has 2 aromatic carbocycles. The molecule has 0 unspecified atom stereocenters. The molecule has 0 saturated carbocycles. The second-order valence-electron chi connectivity index (χ2n) is 9.85. The number of nitrogens with zero attached hydrogens (tertiary/aromatic N) is 1. The second-order valence-corrected chi connectivity index (χ2v) is 10.7. The molecule has 4 rings (SSSR count). The smallest absolute Gasteiger partial charge is 0.350 e. The Labute approximate surface area is 225 Å². The van der Waals surface area contributed by atoms with Crippen molar-refractivity contribution in [2.24, 2.45) is 0 Å². The minimum absolute atomic E-state index is 0.0171. The van der Waals surface area contributed by atoms with Crippen LogP contribution in [0.5, 0.6) is 0 Å². The number of thiophene rings is 1. The highest BCUT2D eigenvalue weighted by atomic mass is 32.1. The van der Waals surface area contributed by atoms with Crippen molar-refractivity contribution in [1.82, 2.24) is 4.98 Å². The number of carbonyl (C=O) groups excluding carboxylic acids is 3. The Balaban J connectivity index is 1.76. The van der Waals surface area contributed by atoms with Crippen molar-refractivity contribution in [3.8, 4) is 22.8 Å². The van der Waals surface area contributed by atoms with Gasteiger partial charge in [0, 0.05) is 23.7 Å². The van der Waals surface area contributed by atoms with Crippen LogP contribution in [0.4, 0.5) is 11.4 Å². The fourth-order valence-corrected chi connectivity index (χ4v) is 4.75. The van der Waals surface area contributed by atoms with E-state index in [-0.39, 0.29) is 28.7 Å². The number of methoxy groups -OCH3 is 1. The second kappa shape index (κ2) is 10.6. The summed E-state index contributed by atoms with van der Waals surface area (Å²) in [5, 5.41) is 7.32. The van der Waals surface area contributed by atoms with Gasteiger partial charge in [-0.3, -0.25) is 9.59 Å². The molecule has 0 aliphatic rings. The van der Waals surface area contributed by atoms with Gasteiger partial charge in [-0.15, -0.1) is 11.3 Å². The monoisotopic (exact) mass is 531 g/mol. The number of amides is 2. The highest BCUT2D eigenvalue weighted by molar-refractivity contribution is 7.12. The quantitative estimate of drug-likeness (QED) is 0.269.